The van der Waals surface area contributed by atoms with E-state index in [4.69, 9.17) is 0 Å². The molecule has 1 N–H and O–H groups in total. The van der Waals surface area contributed by atoms with Crippen LogP contribution in [0.2, 0.25) is 0 Å². The topological polar surface area (TPSA) is 66.5 Å². The van der Waals surface area contributed by atoms with Crippen molar-refractivity contribution in [2.24, 2.45) is 0 Å². The highest BCUT2D eigenvalue weighted by atomic mass is 32.2. The number of carbonyl (C=O) groups is 1. The zero-order chi connectivity index (χ0) is 19.2. The molecule has 5 nitrogen and oxygen atoms in total. The van der Waals surface area contributed by atoms with Crippen molar-refractivity contribution in [1.82, 2.24) is 9.62 Å². The van der Waals surface area contributed by atoms with Gasteiger partial charge in [0.15, 0.2) is 0 Å². The number of sulfonamides is 1. The van der Waals surface area contributed by atoms with Gasteiger partial charge in [0.05, 0.1) is 12.3 Å². The Morgan fingerprint density at radius 2 is 1.69 bits per heavy atom. The summed E-state index contributed by atoms with van der Waals surface area (Å²) >= 11 is 0. The number of nitrogens with one attached hydrogen (secondary N) is 1. The molecule has 0 aliphatic heterocycles. The lowest BCUT2D eigenvalue weighted by Crippen LogP contribution is -2.35. The summed E-state index contributed by atoms with van der Waals surface area (Å²) < 4.78 is 25.4. The average Bonchev–Trinajstić information content (AvgIpc) is 2.60. The molecule has 0 saturated heterocycles. The van der Waals surface area contributed by atoms with Crippen molar-refractivity contribution in [3.8, 4) is 0 Å². The summed E-state index contributed by atoms with van der Waals surface area (Å²) in [7, 11) is -3.40. The van der Waals surface area contributed by atoms with Gasteiger partial charge in [-0.3, -0.25) is 4.79 Å². The van der Waals surface area contributed by atoms with Crippen LogP contribution in [0.25, 0.3) is 0 Å². The van der Waals surface area contributed by atoms with Crippen LogP contribution >= 0.6 is 0 Å². The number of hydrogen-bond donors (Lipinski definition) is 1. The molecule has 6 heteroatoms. The highest BCUT2D eigenvalue weighted by molar-refractivity contribution is 7.88. The van der Waals surface area contributed by atoms with E-state index < -0.39 is 10.0 Å². The monoisotopic (exact) mass is 374 g/mol. The van der Waals surface area contributed by atoms with Crippen LogP contribution in [0.1, 0.15) is 36.1 Å². The maximum absolute atomic E-state index is 12.2. The van der Waals surface area contributed by atoms with Crippen molar-refractivity contribution in [1.29, 1.82) is 0 Å². The molecule has 1 amide bonds. The van der Waals surface area contributed by atoms with E-state index in [-0.39, 0.29) is 31.5 Å². The maximum Gasteiger partial charge on any atom is 0.221 e. The largest absolute Gasteiger partial charge is 0.350 e. The molecule has 2 aromatic rings. The summed E-state index contributed by atoms with van der Waals surface area (Å²) in [5, 5.41) is 2.91. The molecule has 0 heterocycles. The zero-order valence-corrected chi connectivity index (χ0v) is 16.3. The van der Waals surface area contributed by atoms with Gasteiger partial charge in [0.2, 0.25) is 15.9 Å². The van der Waals surface area contributed by atoms with Gasteiger partial charge in [0, 0.05) is 19.5 Å². The van der Waals surface area contributed by atoms with E-state index in [9.17, 15) is 13.2 Å². The van der Waals surface area contributed by atoms with E-state index in [0.717, 1.165) is 16.7 Å². The van der Waals surface area contributed by atoms with Crippen molar-refractivity contribution in [3.05, 3.63) is 71.3 Å². The average molecular weight is 375 g/mol. The predicted molar refractivity (Wildman–Crippen MR) is 104 cm³/mol. The van der Waals surface area contributed by atoms with Crippen molar-refractivity contribution in [2.45, 2.75) is 32.9 Å². The molecule has 0 bridgehead atoms. The fourth-order valence-electron chi connectivity index (χ4n) is 2.62. The van der Waals surface area contributed by atoms with E-state index in [1.807, 2.05) is 68.4 Å². The molecule has 0 aliphatic rings. The standard InChI is InChI=1S/C20H26N2O3S/c1-16-9-11-18(12-10-16)15-22(26(3,24)25)14-13-20(23)21-17(2)19-7-5-4-6-8-19/h4-12,17H,13-15H2,1-3H3,(H,21,23). The molecule has 26 heavy (non-hydrogen) atoms. The van der Waals surface area contributed by atoms with Gasteiger partial charge in [-0.05, 0) is 25.0 Å². The lowest BCUT2D eigenvalue weighted by molar-refractivity contribution is -0.121. The SMILES string of the molecule is Cc1ccc(CN(CCC(=O)NC(C)c2ccccc2)S(C)(=O)=O)cc1. The third kappa shape index (κ3) is 6.28. The first-order valence-corrected chi connectivity index (χ1v) is 10.5. The van der Waals surface area contributed by atoms with Crippen molar-refractivity contribution in [3.63, 3.8) is 0 Å². The van der Waals surface area contributed by atoms with Crippen molar-refractivity contribution in [2.75, 3.05) is 12.8 Å². The lowest BCUT2D eigenvalue weighted by atomic mass is 10.1. The van der Waals surface area contributed by atoms with Crippen LogP contribution in [0.3, 0.4) is 0 Å². The summed E-state index contributed by atoms with van der Waals surface area (Å²) in [5.41, 5.74) is 3.04. The van der Waals surface area contributed by atoms with Crippen molar-refractivity contribution >= 4 is 15.9 Å². The number of aryl methyl sites for hydroxylation is 1. The Morgan fingerprint density at radius 3 is 2.27 bits per heavy atom. The van der Waals surface area contributed by atoms with E-state index in [1.54, 1.807) is 0 Å². The minimum absolute atomic E-state index is 0.118. The number of carbonyl (C=O) groups excluding carboxylic acids is 1. The highest BCUT2D eigenvalue weighted by Gasteiger charge is 2.19. The van der Waals surface area contributed by atoms with Crippen molar-refractivity contribution < 1.29 is 13.2 Å². The van der Waals surface area contributed by atoms with E-state index >= 15 is 0 Å². The Bertz CT molecular complexity index is 818. The van der Waals surface area contributed by atoms with Crippen LogP contribution in [-0.2, 0) is 21.4 Å². The van der Waals surface area contributed by atoms with Gasteiger partial charge < -0.3 is 5.32 Å². The first kappa shape index (κ1) is 20.1. The van der Waals surface area contributed by atoms with Gasteiger partial charge in [-0.2, -0.15) is 4.31 Å². The second-order valence-electron chi connectivity index (χ2n) is 6.53. The second kappa shape index (κ2) is 8.96. The van der Waals surface area contributed by atoms with Crippen LogP contribution < -0.4 is 5.32 Å². The molecule has 0 fully saturated rings. The number of nitrogens with zero attached hydrogens (tertiary/aromatic N) is 1. The van der Waals surface area contributed by atoms with Gasteiger partial charge in [-0.15, -0.1) is 0 Å². The highest BCUT2D eigenvalue weighted by Crippen LogP contribution is 2.13. The van der Waals surface area contributed by atoms with Gasteiger partial charge in [0.25, 0.3) is 0 Å². The fraction of sp³-hybridized carbons (Fsp3) is 0.350. The number of amides is 1. The van der Waals surface area contributed by atoms with E-state index in [1.165, 1.54) is 10.6 Å². The predicted octanol–water partition coefficient (Wildman–Crippen LogP) is 3.02. The minimum atomic E-state index is -3.40. The molecule has 1 unspecified atom stereocenters. The molecule has 1 atom stereocenters. The number of benzene rings is 2. The smallest absolute Gasteiger partial charge is 0.221 e. The van der Waals surface area contributed by atoms with Crippen LogP contribution in [0.15, 0.2) is 54.6 Å². The molecular formula is C20H26N2O3S. The van der Waals surface area contributed by atoms with Gasteiger partial charge in [0.1, 0.15) is 0 Å². The summed E-state index contributed by atoms with van der Waals surface area (Å²) in [6.07, 6.45) is 1.29. The lowest BCUT2D eigenvalue weighted by Gasteiger charge is -2.21. The maximum atomic E-state index is 12.2. The molecule has 0 saturated carbocycles. The third-order valence-corrected chi connectivity index (χ3v) is 5.46. The van der Waals surface area contributed by atoms with E-state index in [0.29, 0.717) is 0 Å². The van der Waals surface area contributed by atoms with Crippen LogP contribution in [-0.4, -0.2) is 31.4 Å². The van der Waals surface area contributed by atoms with Gasteiger partial charge in [-0.1, -0.05) is 60.2 Å². The number of hydrogen-bond acceptors (Lipinski definition) is 3. The molecule has 2 aromatic carbocycles. The van der Waals surface area contributed by atoms with Crippen LogP contribution in [0.4, 0.5) is 0 Å². The minimum Gasteiger partial charge on any atom is -0.350 e. The molecule has 0 spiro atoms. The molecular weight excluding hydrogens is 348 g/mol. The molecule has 0 aromatic heterocycles. The summed E-state index contributed by atoms with van der Waals surface area (Å²) in [6.45, 7) is 4.31. The molecule has 0 radical (unpaired) electrons. The van der Waals surface area contributed by atoms with Gasteiger partial charge in [-0.25, -0.2) is 8.42 Å². The normalized spacial score (nSPS) is 12.8. The first-order chi connectivity index (χ1) is 12.3. The third-order valence-electron chi connectivity index (χ3n) is 4.21. The van der Waals surface area contributed by atoms with Crippen LogP contribution in [0, 0.1) is 6.92 Å². The Labute approximate surface area is 156 Å². The Balaban J connectivity index is 1.94. The van der Waals surface area contributed by atoms with E-state index in [2.05, 4.69) is 5.32 Å². The summed E-state index contributed by atoms with van der Waals surface area (Å²) in [5.74, 6) is -0.168. The quantitative estimate of drug-likeness (QED) is 0.772. The fourth-order valence-corrected chi connectivity index (χ4v) is 3.43. The molecule has 0 aliphatic carbocycles. The number of rotatable bonds is 8. The summed E-state index contributed by atoms with van der Waals surface area (Å²) in [6, 6.07) is 17.3. The zero-order valence-electron chi connectivity index (χ0n) is 15.5. The molecule has 2 rings (SSSR count). The second-order valence-corrected chi connectivity index (χ2v) is 8.51. The van der Waals surface area contributed by atoms with Gasteiger partial charge >= 0.3 is 0 Å². The Hall–Kier alpha value is -2.18. The molecule has 140 valence electrons. The Kier molecular flexibility index (Phi) is 6.94. The first-order valence-electron chi connectivity index (χ1n) is 8.60. The summed E-state index contributed by atoms with van der Waals surface area (Å²) in [4.78, 5) is 12.2. The van der Waals surface area contributed by atoms with Crippen LogP contribution in [0.5, 0.6) is 0 Å². The Morgan fingerprint density at radius 1 is 1.08 bits per heavy atom.